The number of rotatable bonds is 26. The van der Waals surface area contributed by atoms with Gasteiger partial charge in [-0.15, -0.1) is 0 Å². The maximum Gasteiger partial charge on any atom is 0.261 e. The second-order valence-corrected chi connectivity index (χ2v) is 42.3. The molecule has 100 heavy (non-hydrogen) atoms. The summed E-state index contributed by atoms with van der Waals surface area (Å²) in [7, 11) is -4.18. The van der Waals surface area contributed by atoms with Gasteiger partial charge in [0, 0.05) is 28.4 Å². The third-order valence-corrected chi connectivity index (χ3v) is 35.3. The zero-order valence-corrected chi connectivity index (χ0v) is 62.5. The molecule has 0 aliphatic carbocycles. The van der Waals surface area contributed by atoms with Gasteiger partial charge < -0.3 is 101 Å². The van der Waals surface area contributed by atoms with Crippen LogP contribution in [0.5, 0.6) is 0 Å². The fourth-order valence-electron chi connectivity index (χ4n) is 15.2. The predicted octanol–water partition coefficient (Wildman–Crippen LogP) is 3.62. The minimum Gasteiger partial charge on any atom is -0.405 e. The van der Waals surface area contributed by atoms with Crippen molar-refractivity contribution < 1.29 is 101 Å². The van der Waals surface area contributed by atoms with E-state index in [0.29, 0.717) is 0 Å². The van der Waals surface area contributed by atoms with Gasteiger partial charge in [0.1, 0.15) is 97.7 Å². The molecule has 4 aliphatic rings. The maximum atomic E-state index is 13.0. The lowest BCUT2D eigenvalue weighted by molar-refractivity contribution is -0.382. The predicted molar refractivity (Wildman–Crippen MR) is 383 cm³/mol. The minimum absolute atomic E-state index is 0.284. The van der Waals surface area contributed by atoms with Crippen molar-refractivity contribution in [2.24, 2.45) is 0 Å². The molecule has 4 heterocycles. The Hall–Kier alpha value is -4.87. The smallest absolute Gasteiger partial charge is 0.261 e. The lowest BCUT2D eigenvalue weighted by Crippen LogP contribution is -2.70. The Morgan fingerprint density at radius 1 is 0.280 bits per heavy atom. The lowest BCUT2D eigenvalue weighted by atomic mass is 9.96. The Morgan fingerprint density at radius 2 is 0.560 bits per heavy atom. The van der Waals surface area contributed by atoms with E-state index in [1.807, 2.05) is 182 Å². The highest BCUT2D eigenvalue weighted by atomic mass is 28.4. The van der Waals surface area contributed by atoms with Crippen molar-refractivity contribution in [2.75, 3.05) is 54.9 Å². The van der Waals surface area contributed by atoms with Crippen molar-refractivity contribution in [3.63, 3.8) is 0 Å². The van der Waals surface area contributed by atoms with E-state index in [9.17, 15) is 35.7 Å². The largest absolute Gasteiger partial charge is 0.405 e. The highest BCUT2D eigenvalue weighted by molar-refractivity contribution is 7.00. The van der Waals surface area contributed by atoms with Gasteiger partial charge >= 0.3 is 0 Å². The van der Waals surface area contributed by atoms with Crippen LogP contribution >= 0.6 is 0 Å². The van der Waals surface area contributed by atoms with E-state index in [0.717, 1.165) is 31.1 Å². The lowest BCUT2D eigenvalue weighted by Gasteiger charge is -2.50. The number of aliphatic hydroxyl groups is 7. The average Bonchev–Trinajstić information content (AvgIpc) is 0.753. The monoisotopic (exact) mass is 1440 g/mol. The molecule has 10 rings (SSSR count). The van der Waals surface area contributed by atoms with Gasteiger partial charge in [-0.1, -0.05) is 244 Å². The summed E-state index contributed by atoms with van der Waals surface area (Å²) in [5.74, 6) is 0. The molecule has 4 saturated heterocycles. The van der Waals surface area contributed by atoms with Gasteiger partial charge in [-0.05, 0) is 46.2 Å². The number of benzene rings is 6. The molecule has 0 bridgehead atoms. The Labute approximate surface area is 591 Å². The first kappa shape index (κ1) is 77.7. The summed E-state index contributed by atoms with van der Waals surface area (Å²) in [4.78, 5) is 0. The van der Waals surface area contributed by atoms with E-state index in [1.54, 1.807) is 0 Å². The number of ether oxygens (including phenoxy) is 11. The summed E-state index contributed by atoms with van der Waals surface area (Å²) in [6.45, 7) is 17.6. The second-order valence-electron chi connectivity index (χ2n) is 29.4. The minimum atomic E-state index is -3.45. The van der Waals surface area contributed by atoms with Crippen molar-refractivity contribution >= 4 is 56.1 Å². The van der Waals surface area contributed by atoms with Gasteiger partial charge in [0.2, 0.25) is 0 Å². The van der Waals surface area contributed by atoms with Crippen molar-refractivity contribution in [3.05, 3.63) is 182 Å². The van der Waals surface area contributed by atoms with E-state index in [1.165, 1.54) is 28.4 Å². The molecule has 6 aromatic rings. The van der Waals surface area contributed by atoms with E-state index in [2.05, 4.69) is 62.3 Å². The molecule has 0 spiro atoms. The standard InChI is InChI=1S/C76H104O21Si3/c1-74(2,3)98(48-32-20-14-21-33-48,49-34-22-15-23-35-49)89-45-54-58(77)61(80)62(81)71(93-54)96-67-60(79)56(47-91-100(76(7,8)9,52-40-28-18-29-41-52)53-42-30-19-31-43-53)94-72(64(67)83)97-66-59(78)55(46-90-99(75(4,5)6,50-36-24-16-25-37-50)51-38-26-17-27-39-51)92-70(63(66)82)88-44-57-65(84-10)68(85-11)69(86-12)73(87-13)95-57/h14-43,54-73,77-83H,44-47H2,1-13H3/t54-,55-,56-,57-,58-,59-,60-,61+,62+,63+,64+,65-,66+,67+,68+,69-,70+,71-,72-,73+/m1/s1. The maximum absolute atomic E-state index is 13.0. The van der Waals surface area contributed by atoms with E-state index < -0.39 is 163 Å². The molecule has 4 fully saturated rings. The topological polar surface area (TPSA) is 271 Å². The first-order valence-electron chi connectivity index (χ1n) is 34.4. The quantitative estimate of drug-likeness (QED) is 0.0382. The molecular weight excluding hydrogens is 1330 g/mol. The zero-order valence-electron chi connectivity index (χ0n) is 59.5. The van der Waals surface area contributed by atoms with Crippen molar-refractivity contribution in [1.29, 1.82) is 0 Å². The van der Waals surface area contributed by atoms with Gasteiger partial charge in [0.25, 0.3) is 25.0 Å². The second kappa shape index (κ2) is 33.1. The van der Waals surface area contributed by atoms with Crippen LogP contribution in [0.25, 0.3) is 0 Å². The highest BCUT2D eigenvalue weighted by Crippen LogP contribution is 2.42. The van der Waals surface area contributed by atoms with Crippen LogP contribution in [0.3, 0.4) is 0 Å². The Bertz CT molecular complexity index is 3310. The summed E-state index contributed by atoms with van der Waals surface area (Å²) >= 11 is 0. The number of aliphatic hydroxyl groups excluding tert-OH is 7. The fourth-order valence-corrected chi connectivity index (χ4v) is 28.9. The normalized spacial score (nSPS) is 31.2. The number of methoxy groups -OCH3 is 4. The molecule has 546 valence electrons. The van der Waals surface area contributed by atoms with Crippen molar-refractivity contribution in [2.45, 2.75) is 200 Å². The van der Waals surface area contributed by atoms with Crippen LogP contribution in [0.1, 0.15) is 62.3 Å². The summed E-state index contributed by atoms with van der Waals surface area (Å²) < 4.78 is 91.7. The highest BCUT2D eigenvalue weighted by Gasteiger charge is 2.59. The Morgan fingerprint density at radius 3 is 0.860 bits per heavy atom. The van der Waals surface area contributed by atoms with Crippen LogP contribution in [0, 0.1) is 0 Å². The molecule has 7 N–H and O–H groups in total. The number of hydrogen-bond acceptors (Lipinski definition) is 21. The van der Waals surface area contributed by atoms with E-state index in [-0.39, 0.29) is 26.4 Å². The summed E-state index contributed by atoms with van der Waals surface area (Å²) in [5, 5.41) is 91.5. The molecule has 6 aromatic carbocycles. The van der Waals surface area contributed by atoms with Crippen LogP contribution in [-0.4, -0.2) is 238 Å². The third kappa shape index (κ3) is 15.6. The van der Waals surface area contributed by atoms with E-state index >= 15 is 0 Å². The molecule has 0 radical (unpaired) electrons. The van der Waals surface area contributed by atoms with Gasteiger partial charge in [-0.3, -0.25) is 0 Å². The van der Waals surface area contributed by atoms with E-state index in [4.69, 9.17) is 65.4 Å². The van der Waals surface area contributed by atoms with Crippen LogP contribution in [-0.2, 0) is 65.4 Å². The van der Waals surface area contributed by atoms with Gasteiger partial charge in [-0.25, -0.2) is 0 Å². The molecule has 0 saturated carbocycles. The molecule has 0 amide bonds. The first-order chi connectivity index (χ1) is 47.7. The van der Waals surface area contributed by atoms with Gasteiger partial charge in [0.05, 0.1) is 26.4 Å². The number of hydrogen-bond donors (Lipinski definition) is 7. The van der Waals surface area contributed by atoms with Gasteiger partial charge in [0.15, 0.2) is 25.2 Å². The molecule has 0 unspecified atom stereocenters. The Balaban J connectivity index is 1.03. The van der Waals surface area contributed by atoms with Crippen molar-refractivity contribution in [1.82, 2.24) is 0 Å². The zero-order chi connectivity index (χ0) is 72.0. The molecule has 20 atom stereocenters. The average molecular weight is 1440 g/mol. The van der Waals surface area contributed by atoms with Crippen LogP contribution in [0.2, 0.25) is 15.1 Å². The molecule has 4 aliphatic heterocycles. The van der Waals surface area contributed by atoms with Crippen LogP contribution in [0.15, 0.2) is 182 Å². The summed E-state index contributed by atoms with van der Waals surface area (Å²) in [5.41, 5.74) is 0. The van der Waals surface area contributed by atoms with Crippen molar-refractivity contribution in [3.8, 4) is 0 Å². The molecule has 24 heteroatoms. The van der Waals surface area contributed by atoms with Crippen LogP contribution in [0.4, 0.5) is 0 Å². The van der Waals surface area contributed by atoms with Crippen LogP contribution < -0.4 is 31.1 Å². The molecule has 0 aromatic heterocycles. The molecule has 21 nitrogen and oxygen atoms in total. The first-order valence-corrected chi connectivity index (χ1v) is 40.1. The third-order valence-electron chi connectivity index (χ3n) is 20.2. The Kier molecular flexibility index (Phi) is 25.7. The SMILES string of the molecule is CO[C@H]1O[C@H](CO[C@H]2O[C@H](CO[Si](c3ccccc3)(c3ccccc3)C(C)(C)C)[C@@H](O)[C@H](O[C@H]3O[C@H](CO[Si](c4ccccc4)(c4ccccc4)C(C)(C)C)[C@@H](O)[C@H](O[C@H]4O[C@H](CO[Si](c5ccccc5)(c5ccccc5)C(C)(C)C)[C@@H](O)[C@H](O)[C@@H]4O)[C@@H]3O)[C@@H]2O)[C@@H](OC)[C@H](OC)[C@H]1OC. The van der Waals surface area contributed by atoms with Gasteiger partial charge in [-0.2, -0.15) is 0 Å². The molecular formula is C76H104O21Si3. The summed E-state index contributed by atoms with van der Waals surface area (Å²) in [6, 6.07) is 59.1. The summed E-state index contributed by atoms with van der Waals surface area (Å²) in [6.07, 6.45) is -30.3. The fraction of sp³-hybridized carbons (Fsp3) is 0.526.